The van der Waals surface area contributed by atoms with E-state index in [2.05, 4.69) is 26.2 Å². The van der Waals surface area contributed by atoms with Crippen molar-refractivity contribution >= 4 is 55.7 Å². The summed E-state index contributed by atoms with van der Waals surface area (Å²) >= 11 is 3.39. The minimum Gasteiger partial charge on any atom is -0.492 e. The van der Waals surface area contributed by atoms with Crippen LogP contribution in [0.5, 0.6) is 5.75 Å². The first-order valence-electron chi connectivity index (χ1n) is 8.39. The summed E-state index contributed by atoms with van der Waals surface area (Å²) < 4.78 is 30.2. The van der Waals surface area contributed by atoms with Crippen molar-refractivity contribution < 1.29 is 13.2 Å². The van der Waals surface area contributed by atoms with Gasteiger partial charge in [0.05, 0.1) is 17.0 Å². The standard InChI is InChI=1S/C17H26BrN3O3S.HI/c1-4-19-16(21-10-12-25(22,23)17(2,3)13-21)20-9-11-24-15-7-5-14(18)6-8-15;/h5-8H,4,9-13H2,1-3H3,(H,19,20);1H. The molecule has 1 aromatic carbocycles. The van der Waals surface area contributed by atoms with E-state index in [0.717, 1.165) is 22.7 Å². The lowest BCUT2D eigenvalue weighted by Crippen LogP contribution is -2.57. The topological polar surface area (TPSA) is 71.0 Å². The SMILES string of the molecule is CCNC(=NCCOc1ccc(Br)cc1)N1CCS(=O)(=O)C(C)(C)C1.I. The van der Waals surface area contributed by atoms with Crippen LogP contribution in [0.25, 0.3) is 0 Å². The number of hydrogen-bond donors (Lipinski definition) is 1. The summed E-state index contributed by atoms with van der Waals surface area (Å²) in [5, 5.41) is 3.24. The van der Waals surface area contributed by atoms with Gasteiger partial charge in [0.1, 0.15) is 12.4 Å². The molecule has 6 nitrogen and oxygen atoms in total. The second kappa shape index (κ2) is 10.1. The first-order chi connectivity index (χ1) is 11.7. The molecular weight excluding hydrogens is 533 g/mol. The van der Waals surface area contributed by atoms with Crippen molar-refractivity contribution in [3.63, 3.8) is 0 Å². The second-order valence-electron chi connectivity index (χ2n) is 6.54. The largest absolute Gasteiger partial charge is 0.492 e. The van der Waals surface area contributed by atoms with Gasteiger partial charge in [-0.3, -0.25) is 0 Å². The highest BCUT2D eigenvalue weighted by molar-refractivity contribution is 14.0. The molecule has 0 saturated carbocycles. The maximum absolute atomic E-state index is 12.2. The molecule has 1 saturated heterocycles. The van der Waals surface area contributed by atoms with Gasteiger partial charge >= 0.3 is 0 Å². The minimum atomic E-state index is -3.06. The highest BCUT2D eigenvalue weighted by Gasteiger charge is 2.40. The number of aliphatic imine (C=N–C) groups is 1. The van der Waals surface area contributed by atoms with Gasteiger partial charge < -0.3 is 15.0 Å². The number of nitrogens with zero attached hydrogens (tertiary/aromatic N) is 2. The number of rotatable bonds is 5. The van der Waals surface area contributed by atoms with E-state index in [9.17, 15) is 8.42 Å². The van der Waals surface area contributed by atoms with Gasteiger partial charge in [0.2, 0.25) is 0 Å². The summed E-state index contributed by atoms with van der Waals surface area (Å²) in [4.78, 5) is 6.60. The Bertz CT molecular complexity index is 708. The van der Waals surface area contributed by atoms with Crippen molar-refractivity contribution in [3.8, 4) is 5.75 Å². The highest BCUT2D eigenvalue weighted by Crippen LogP contribution is 2.23. The van der Waals surface area contributed by atoms with Gasteiger partial charge in [0.25, 0.3) is 0 Å². The summed E-state index contributed by atoms with van der Waals surface area (Å²) in [5.74, 6) is 1.69. The summed E-state index contributed by atoms with van der Waals surface area (Å²) in [7, 11) is -3.06. The molecule has 1 N–H and O–H groups in total. The first kappa shape index (κ1) is 23.5. The zero-order valence-electron chi connectivity index (χ0n) is 15.4. The van der Waals surface area contributed by atoms with Gasteiger partial charge in [0.15, 0.2) is 15.8 Å². The van der Waals surface area contributed by atoms with Crippen LogP contribution in [-0.2, 0) is 9.84 Å². The number of hydrogen-bond acceptors (Lipinski definition) is 4. The number of benzene rings is 1. The monoisotopic (exact) mass is 559 g/mol. The Kier molecular flexibility index (Phi) is 9.14. The lowest BCUT2D eigenvalue weighted by Gasteiger charge is -2.39. The predicted molar refractivity (Wildman–Crippen MR) is 120 cm³/mol. The molecule has 2 rings (SSSR count). The van der Waals surface area contributed by atoms with Gasteiger partial charge in [-0.2, -0.15) is 0 Å². The third kappa shape index (κ3) is 6.26. The second-order valence-corrected chi connectivity index (χ2v) is 10.2. The van der Waals surface area contributed by atoms with Crippen LogP contribution in [0, 0.1) is 0 Å². The molecule has 1 aliphatic rings. The molecule has 26 heavy (non-hydrogen) atoms. The lowest BCUT2D eigenvalue weighted by molar-refractivity contribution is 0.323. The molecule has 0 atom stereocenters. The molecule has 0 aromatic heterocycles. The van der Waals surface area contributed by atoms with E-state index in [4.69, 9.17) is 4.74 Å². The van der Waals surface area contributed by atoms with Crippen LogP contribution in [0.15, 0.2) is 33.7 Å². The molecule has 0 unspecified atom stereocenters. The Balaban J connectivity index is 0.00000338. The van der Waals surface area contributed by atoms with Gasteiger partial charge in [-0.1, -0.05) is 15.9 Å². The molecule has 0 aliphatic carbocycles. The highest BCUT2D eigenvalue weighted by atomic mass is 127. The average Bonchev–Trinajstić information content (AvgIpc) is 2.55. The Hall–Kier alpha value is -0.550. The molecule has 1 aliphatic heterocycles. The molecule has 1 fully saturated rings. The van der Waals surface area contributed by atoms with Gasteiger partial charge in [-0.15, -0.1) is 24.0 Å². The Labute approximate surface area is 181 Å². The van der Waals surface area contributed by atoms with Crippen LogP contribution >= 0.6 is 39.9 Å². The van der Waals surface area contributed by atoms with Crippen LogP contribution in [0.4, 0.5) is 0 Å². The lowest BCUT2D eigenvalue weighted by atomic mass is 10.2. The summed E-state index contributed by atoms with van der Waals surface area (Å²) in [6.45, 7) is 8.15. The summed E-state index contributed by atoms with van der Waals surface area (Å²) in [5.41, 5.74) is 0. The third-order valence-corrected chi connectivity index (χ3v) is 7.17. The van der Waals surface area contributed by atoms with E-state index in [1.54, 1.807) is 13.8 Å². The van der Waals surface area contributed by atoms with Crippen LogP contribution in [0.1, 0.15) is 20.8 Å². The fraction of sp³-hybridized carbons (Fsp3) is 0.588. The Morgan fingerprint density at radius 3 is 2.58 bits per heavy atom. The molecule has 9 heteroatoms. The maximum atomic E-state index is 12.2. The van der Waals surface area contributed by atoms with E-state index >= 15 is 0 Å². The fourth-order valence-corrected chi connectivity index (χ4v) is 4.23. The van der Waals surface area contributed by atoms with E-state index in [0.29, 0.717) is 26.2 Å². The van der Waals surface area contributed by atoms with Crippen molar-refractivity contribution in [1.29, 1.82) is 0 Å². The summed E-state index contributed by atoms with van der Waals surface area (Å²) in [6.07, 6.45) is 0. The molecule has 1 aromatic rings. The van der Waals surface area contributed by atoms with Crippen LogP contribution in [0.3, 0.4) is 0 Å². The maximum Gasteiger partial charge on any atom is 0.194 e. The number of sulfone groups is 1. The van der Waals surface area contributed by atoms with E-state index < -0.39 is 14.6 Å². The number of halogens is 2. The van der Waals surface area contributed by atoms with Gasteiger partial charge in [-0.05, 0) is 45.0 Å². The molecule has 0 radical (unpaired) electrons. The van der Waals surface area contributed by atoms with Crippen molar-refractivity contribution in [2.75, 3.05) is 38.5 Å². The van der Waals surface area contributed by atoms with Gasteiger partial charge in [0, 0.05) is 24.1 Å². The molecule has 0 bridgehead atoms. The quantitative estimate of drug-likeness (QED) is 0.260. The van der Waals surface area contributed by atoms with Crippen LogP contribution in [0.2, 0.25) is 0 Å². The van der Waals surface area contributed by atoms with E-state index in [-0.39, 0.29) is 29.7 Å². The first-order valence-corrected chi connectivity index (χ1v) is 10.8. The number of ether oxygens (including phenoxy) is 1. The predicted octanol–water partition coefficient (Wildman–Crippen LogP) is 2.92. The Morgan fingerprint density at radius 1 is 1.35 bits per heavy atom. The number of nitrogens with one attached hydrogen (secondary N) is 1. The van der Waals surface area contributed by atoms with Gasteiger partial charge in [-0.25, -0.2) is 13.4 Å². The van der Waals surface area contributed by atoms with Crippen LogP contribution < -0.4 is 10.1 Å². The molecular formula is C17H27BrIN3O3S. The molecule has 0 spiro atoms. The molecule has 0 amide bonds. The van der Waals surface area contributed by atoms with Crippen molar-refractivity contribution in [1.82, 2.24) is 10.2 Å². The minimum absolute atomic E-state index is 0. The Morgan fingerprint density at radius 2 is 2.00 bits per heavy atom. The van der Waals surface area contributed by atoms with Crippen molar-refractivity contribution in [2.24, 2.45) is 4.99 Å². The number of guanidine groups is 1. The summed E-state index contributed by atoms with van der Waals surface area (Å²) in [6, 6.07) is 7.66. The molecule has 1 heterocycles. The molecule has 148 valence electrons. The normalized spacial score (nSPS) is 18.8. The van der Waals surface area contributed by atoms with Crippen molar-refractivity contribution in [3.05, 3.63) is 28.7 Å². The zero-order chi connectivity index (χ0) is 18.5. The van der Waals surface area contributed by atoms with Crippen molar-refractivity contribution in [2.45, 2.75) is 25.5 Å². The van der Waals surface area contributed by atoms with E-state index in [1.165, 1.54) is 0 Å². The van der Waals surface area contributed by atoms with Crippen LogP contribution in [-0.4, -0.2) is 62.6 Å². The smallest absolute Gasteiger partial charge is 0.194 e. The third-order valence-electron chi connectivity index (χ3n) is 4.11. The van der Waals surface area contributed by atoms with E-state index in [1.807, 2.05) is 36.1 Å². The zero-order valence-corrected chi connectivity index (χ0v) is 20.1. The fourth-order valence-electron chi connectivity index (χ4n) is 2.60. The average molecular weight is 560 g/mol.